The predicted octanol–water partition coefficient (Wildman–Crippen LogP) is 0.264. The van der Waals surface area contributed by atoms with Crippen LogP contribution >= 0.6 is 11.8 Å². The SMILES string of the molecule is CCOC(=O)C(N)CCSC(CC)C(N)=O. The molecule has 1 amide bonds. The van der Waals surface area contributed by atoms with Crippen LogP contribution in [0.25, 0.3) is 0 Å². The summed E-state index contributed by atoms with van der Waals surface area (Å²) in [5.41, 5.74) is 10.8. The number of nitrogens with two attached hydrogens (primary N) is 2. The van der Waals surface area contributed by atoms with Crippen molar-refractivity contribution >= 4 is 23.6 Å². The molecule has 0 aliphatic rings. The molecule has 5 nitrogen and oxygen atoms in total. The molecule has 0 rings (SSSR count). The molecule has 0 aromatic rings. The highest BCUT2D eigenvalue weighted by Gasteiger charge is 2.17. The maximum atomic E-state index is 11.2. The molecule has 0 saturated heterocycles. The first-order valence-corrected chi connectivity index (χ1v) is 6.40. The first-order valence-electron chi connectivity index (χ1n) is 5.36. The van der Waals surface area contributed by atoms with Gasteiger partial charge in [-0.3, -0.25) is 9.59 Å². The summed E-state index contributed by atoms with van der Waals surface area (Å²) in [7, 11) is 0. The van der Waals surface area contributed by atoms with Crippen LogP contribution in [0.4, 0.5) is 0 Å². The van der Waals surface area contributed by atoms with E-state index in [1.807, 2.05) is 6.92 Å². The molecule has 2 atom stereocenters. The normalized spacial score (nSPS) is 14.2. The first kappa shape index (κ1) is 15.2. The molecule has 0 spiro atoms. The molecular weight excluding hydrogens is 228 g/mol. The minimum Gasteiger partial charge on any atom is -0.465 e. The minimum absolute atomic E-state index is 0.200. The molecule has 0 aliphatic heterocycles. The molecule has 0 fully saturated rings. The highest BCUT2D eigenvalue weighted by atomic mass is 32.2. The molecular formula is C10H20N2O3S. The van der Waals surface area contributed by atoms with Crippen molar-refractivity contribution < 1.29 is 14.3 Å². The average molecular weight is 248 g/mol. The van der Waals surface area contributed by atoms with Crippen molar-refractivity contribution in [1.82, 2.24) is 0 Å². The van der Waals surface area contributed by atoms with Crippen LogP contribution in [0.1, 0.15) is 26.7 Å². The number of esters is 1. The molecule has 0 aliphatic carbocycles. The predicted molar refractivity (Wildman–Crippen MR) is 65.0 cm³/mol. The molecule has 16 heavy (non-hydrogen) atoms. The fraction of sp³-hybridized carbons (Fsp3) is 0.800. The number of ether oxygens (including phenoxy) is 1. The maximum Gasteiger partial charge on any atom is 0.322 e. The van der Waals surface area contributed by atoms with Crippen molar-refractivity contribution in [2.75, 3.05) is 12.4 Å². The van der Waals surface area contributed by atoms with Crippen LogP contribution in [-0.2, 0) is 14.3 Å². The zero-order chi connectivity index (χ0) is 12.6. The first-order chi connectivity index (χ1) is 7.52. The third-order valence-corrected chi connectivity index (χ3v) is 3.46. The Morgan fingerprint density at radius 3 is 2.44 bits per heavy atom. The van der Waals surface area contributed by atoms with Gasteiger partial charge in [-0.15, -0.1) is 11.8 Å². The molecule has 0 heterocycles. The summed E-state index contributed by atoms with van der Waals surface area (Å²) < 4.78 is 4.77. The molecule has 0 saturated carbocycles. The molecule has 0 radical (unpaired) electrons. The largest absolute Gasteiger partial charge is 0.465 e. The second-order valence-electron chi connectivity index (χ2n) is 3.32. The van der Waals surface area contributed by atoms with Crippen LogP contribution < -0.4 is 11.5 Å². The lowest BCUT2D eigenvalue weighted by Gasteiger charge is -2.13. The maximum absolute atomic E-state index is 11.2. The van der Waals surface area contributed by atoms with E-state index < -0.39 is 12.0 Å². The number of rotatable bonds is 8. The Kier molecular flexibility index (Phi) is 8.01. The van der Waals surface area contributed by atoms with Crippen molar-refractivity contribution in [3.05, 3.63) is 0 Å². The topological polar surface area (TPSA) is 95.4 Å². The van der Waals surface area contributed by atoms with Crippen LogP contribution in [0.3, 0.4) is 0 Å². The average Bonchev–Trinajstić information content (AvgIpc) is 2.23. The van der Waals surface area contributed by atoms with Crippen LogP contribution in [-0.4, -0.2) is 35.5 Å². The van der Waals surface area contributed by atoms with E-state index in [0.717, 1.165) is 0 Å². The Labute approximate surface area is 100 Å². The monoisotopic (exact) mass is 248 g/mol. The Morgan fingerprint density at radius 1 is 1.38 bits per heavy atom. The molecule has 2 unspecified atom stereocenters. The smallest absolute Gasteiger partial charge is 0.322 e. The Bertz CT molecular complexity index is 236. The van der Waals surface area contributed by atoms with Crippen LogP contribution in [0.15, 0.2) is 0 Å². The van der Waals surface area contributed by atoms with E-state index in [4.69, 9.17) is 16.2 Å². The number of primary amides is 1. The Morgan fingerprint density at radius 2 is 2.00 bits per heavy atom. The summed E-state index contributed by atoms with van der Waals surface area (Å²) in [6, 6.07) is -0.613. The van der Waals surface area contributed by atoms with Gasteiger partial charge >= 0.3 is 5.97 Å². The fourth-order valence-corrected chi connectivity index (χ4v) is 2.18. The standard InChI is InChI=1S/C10H20N2O3S/c1-3-8(9(12)13)16-6-5-7(11)10(14)15-4-2/h7-8H,3-6,11H2,1-2H3,(H2,12,13). The minimum atomic E-state index is -0.613. The van der Waals surface area contributed by atoms with Gasteiger partial charge in [-0.2, -0.15) is 0 Å². The fourth-order valence-electron chi connectivity index (χ4n) is 1.11. The van der Waals surface area contributed by atoms with E-state index in [1.165, 1.54) is 11.8 Å². The van der Waals surface area contributed by atoms with Gasteiger partial charge in [0.2, 0.25) is 5.91 Å². The van der Waals surface area contributed by atoms with Gasteiger partial charge in [-0.1, -0.05) is 6.92 Å². The lowest BCUT2D eigenvalue weighted by molar-refractivity contribution is -0.144. The van der Waals surface area contributed by atoms with E-state index in [-0.39, 0.29) is 11.2 Å². The summed E-state index contributed by atoms with van der Waals surface area (Å²) >= 11 is 1.43. The molecule has 0 aromatic heterocycles. The highest BCUT2D eigenvalue weighted by Crippen LogP contribution is 2.15. The van der Waals surface area contributed by atoms with Crippen LogP contribution in [0.2, 0.25) is 0 Å². The molecule has 4 N–H and O–H groups in total. The van der Waals surface area contributed by atoms with Gasteiger partial charge in [-0.05, 0) is 25.5 Å². The summed E-state index contributed by atoms with van der Waals surface area (Å²) in [5.74, 6) is -0.0889. The summed E-state index contributed by atoms with van der Waals surface area (Å²) in [6.07, 6.45) is 1.18. The Balaban J connectivity index is 3.80. The highest BCUT2D eigenvalue weighted by molar-refractivity contribution is 8.00. The number of hydrogen-bond donors (Lipinski definition) is 2. The van der Waals surface area contributed by atoms with Crippen molar-refractivity contribution in [2.45, 2.75) is 38.0 Å². The van der Waals surface area contributed by atoms with E-state index in [1.54, 1.807) is 6.92 Å². The second kappa shape index (κ2) is 8.41. The van der Waals surface area contributed by atoms with E-state index >= 15 is 0 Å². The van der Waals surface area contributed by atoms with Crippen LogP contribution in [0, 0.1) is 0 Å². The van der Waals surface area contributed by atoms with Gasteiger partial charge in [-0.25, -0.2) is 0 Å². The number of amides is 1. The van der Waals surface area contributed by atoms with E-state index in [0.29, 0.717) is 25.2 Å². The number of carbonyl (C=O) groups excluding carboxylic acids is 2. The Hall–Kier alpha value is -0.750. The van der Waals surface area contributed by atoms with Gasteiger partial charge in [0, 0.05) is 0 Å². The quantitative estimate of drug-likeness (QED) is 0.601. The van der Waals surface area contributed by atoms with Crippen molar-refractivity contribution in [2.24, 2.45) is 11.5 Å². The summed E-state index contributed by atoms with van der Waals surface area (Å²) in [6.45, 7) is 3.96. The van der Waals surface area contributed by atoms with Crippen molar-refractivity contribution in [1.29, 1.82) is 0 Å². The third kappa shape index (κ3) is 5.97. The zero-order valence-electron chi connectivity index (χ0n) is 9.77. The molecule has 94 valence electrons. The molecule has 6 heteroatoms. The van der Waals surface area contributed by atoms with Gasteiger partial charge in [0.15, 0.2) is 0 Å². The third-order valence-electron chi connectivity index (χ3n) is 2.03. The lowest BCUT2D eigenvalue weighted by Crippen LogP contribution is -2.33. The molecule has 0 aromatic carbocycles. The van der Waals surface area contributed by atoms with Crippen LogP contribution in [0.5, 0.6) is 0 Å². The van der Waals surface area contributed by atoms with Gasteiger partial charge in [0.1, 0.15) is 6.04 Å². The van der Waals surface area contributed by atoms with Gasteiger partial charge < -0.3 is 16.2 Å². The van der Waals surface area contributed by atoms with E-state index in [2.05, 4.69) is 0 Å². The summed E-state index contributed by atoms with van der Waals surface area (Å²) in [4.78, 5) is 22.1. The zero-order valence-corrected chi connectivity index (χ0v) is 10.6. The second-order valence-corrected chi connectivity index (χ2v) is 4.63. The van der Waals surface area contributed by atoms with E-state index in [9.17, 15) is 9.59 Å². The van der Waals surface area contributed by atoms with Gasteiger partial charge in [0.05, 0.1) is 11.9 Å². The lowest BCUT2D eigenvalue weighted by atomic mass is 10.2. The van der Waals surface area contributed by atoms with Gasteiger partial charge in [0.25, 0.3) is 0 Å². The number of carbonyl (C=O) groups is 2. The summed E-state index contributed by atoms with van der Waals surface area (Å²) in [5, 5.41) is -0.200. The number of thioether (sulfide) groups is 1. The van der Waals surface area contributed by atoms with Crippen molar-refractivity contribution in [3.63, 3.8) is 0 Å². The van der Waals surface area contributed by atoms with Crippen molar-refractivity contribution in [3.8, 4) is 0 Å². The molecule has 0 bridgehead atoms. The number of hydrogen-bond acceptors (Lipinski definition) is 5.